The van der Waals surface area contributed by atoms with Gasteiger partial charge in [0.25, 0.3) is 0 Å². The molecule has 0 bridgehead atoms. The number of aromatic nitrogens is 6. The minimum atomic E-state index is -1.36. The first-order valence-electron chi connectivity index (χ1n) is 14.0. The third-order valence-corrected chi connectivity index (χ3v) is 8.29. The van der Waals surface area contributed by atoms with E-state index >= 15 is 0 Å². The van der Waals surface area contributed by atoms with Crippen LogP contribution in [0.3, 0.4) is 0 Å². The molecule has 218 valence electrons. The molecule has 5 heterocycles. The number of halogens is 2. The number of ketones is 1. The third kappa shape index (κ3) is 5.29. The van der Waals surface area contributed by atoms with Crippen LogP contribution < -0.4 is 5.32 Å². The van der Waals surface area contributed by atoms with Gasteiger partial charge in [-0.15, -0.1) is 0 Å². The van der Waals surface area contributed by atoms with E-state index in [9.17, 15) is 18.8 Å². The standard InChI is InChI=1S/C30H26BrFN8O3/c1-16(41)29-22-8-18(19-4-6-21-10-23(17-2-3-17)36-39(21)13-19)5-7-24(22)40(37-29)15-28(42)38-14-20(32)9-25(38)30(43)35-27-12-33-11-26(31)34-27/h4-8,10-13,17,20,25H,2-3,9,14-15H2,1H3,(H,34,35,43)/t20-,25+/m1/s1. The van der Waals surface area contributed by atoms with Crippen LogP contribution in [-0.4, -0.2) is 70.6 Å². The van der Waals surface area contributed by atoms with Gasteiger partial charge in [-0.3, -0.25) is 24.0 Å². The van der Waals surface area contributed by atoms with Crippen molar-refractivity contribution in [3.05, 3.63) is 71.0 Å². The van der Waals surface area contributed by atoms with Crippen molar-refractivity contribution < 1.29 is 18.8 Å². The number of anilines is 1. The van der Waals surface area contributed by atoms with Gasteiger partial charge in [0, 0.05) is 36.4 Å². The first kappa shape index (κ1) is 27.3. The minimum Gasteiger partial charge on any atom is -0.326 e. The molecule has 5 aromatic rings. The van der Waals surface area contributed by atoms with Gasteiger partial charge in [-0.1, -0.05) is 12.1 Å². The number of carbonyl (C=O) groups is 3. The van der Waals surface area contributed by atoms with Crippen molar-refractivity contribution in [2.75, 3.05) is 11.9 Å². The Labute approximate surface area is 253 Å². The lowest BCUT2D eigenvalue weighted by Crippen LogP contribution is -2.44. The van der Waals surface area contributed by atoms with E-state index in [0.29, 0.717) is 21.4 Å². The molecule has 11 nitrogen and oxygen atoms in total. The maximum absolute atomic E-state index is 14.5. The summed E-state index contributed by atoms with van der Waals surface area (Å²) in [5.74, 6) is -0.557. The molecule has 7 rings (SSSR count). The van der Waals surface area contributed by atoms with Crippen LogP contribution in [0.2, 0.25) is 0 Å². The molecule has 1 aromatic carbocycles. The molecule has 1 aliphatic carbocycles. The van der Waals surface area contributed by atoms with Gasteiger partial charge in [-0.2, -0.15) is 10.2 Å². The molecular weight excluding hydrogens is 619 g/mol. The zero-order valence-electron chi connectivity index (χ0n) is 23.1. The number of nitrogens with zero attached hydrogens (tertiary/aromatic N) is 7. The van der Waals surface area contributed by atoms with E-state index < -0.39 is 24.0 Å². The Morgan fingerprint density at radius 1 is 1.07 bits per heavy atom. The number of fused-ring (bicyclic) bond motifs is 2. The summed E-state index contributed by atoms with van der Waals surface area (Å²) < 4.78 is 18.3. The summed E-state index contributed by atoms with van der Waals surface area (Å²) in [7, 11) is 0. The normalized spacial score (nSPS) is 18.4. The first-order valence-corrected chi connectivity index (χ1v) is 14.8. The van der Waals surface area contributed by atoms with Crippen LogP contribution in [0.15, 0.2) is 59.6 Å². The SMILES string of the molecule is CC(=O)c1nn(CC(=O)N2C[C@H](F)C[C@H]2C(=O)Nc2cncc(Br)n2)c2ccc(-c3ccc4cc(C5CC5)nn4c3)cc12. The number of likely N-dealkylation sites (tertiary alicyclic amines) is 1. The second-order valence-electron chi connectivity index (χ2n) is 11.0. The smallest absolute Gasteiger partial charge is 0.248 e. The van der Waals surface area contributed by atoms with Crippen LogP contribution in [0.4, 0.5) is 10.2 Å². The van der Waals surface area contributed by atoms with Gasteiger partial charge in [0.2, 0.25) is 11.8 Å². The Kier molecular flexibility index (Phi) is 6.76. The Hall–Kier alpha value is -4.52. The number of hydrogen-bond acceptors (Lipinski definition) is 7. The van der Waals surface area contributed by atoms with Crippen LogP contribution in [0, 0.1) is 0 Å². The summed E-state index contributed by atoms with van der Waals surface area (Å²) in [4.78, 5) is 48.4. The summed E-state index contributed by atoms with van der Waals surface area (Å²) >= 11 is 3.20. The van der Waals surface area contributed by atoms with Crippen LogP contribution in [0.25, 0.3) is 27.5 Å². The molecule has 2 atom stereocenters. The van der Waals surface area contributed by atoms with E-state index in [1.54, 1.807) is 0 Å². The zero-order valence-corrected chi connectivity index (χ0v) is 24.7. The predicted molar refractivity (Wildman–Crippen MR) is 159 cm³/mol. The summed E-state index contributed by atoms with van der Waals surface area (Å²) in [6.45, 7) is 0.942. The number of pyridine rings is 1. The number of benzene rings is 1. The molecule has 4 aromatic heterocycles. The monoisotopic (exact) mass is 644 g/mol. The van der Waals surface area contributed by atoms with Gasteiger partial charge in [-0.05, 0) is 58.6 Å². The second kappa shape index (κ2) is 10.6. The molecule has 0 radical (unpaired) electrons. The number of rotatable bonds is 7. The molecule has 13 heteroatoms. The van der Waals surface area contributed by atoms with Gasteiger partial charge >= 0.3 is 0 Å². The highest BCUT2D eigenvalue weighted by Crippen LogP contribution is 2.39. The van der Waals surface area contributed by atoms with Gasteiger partial charge < -0.3 is 10.2 Å². The highest BCUT2D eigenvalue weighted by Gasteiger charge is 2.40. The van der Waals surface area contributed by atoms with Crippen molar-refractivity contribution in [3.8, 4) is 11.1 Å². The van der Waals surface area contributed by atoms with Crippen LogP contribution >= 0.6 is 15.9 Å². The second-order valence-corrected chi connectivity index (χ2v) is 11.8. The molecule has 0 spiro atoms. The van der Waals surface area contributed by atoms with Crippen molar-refractivity contribution in [2.45, 2.75) is 50.9 Å². The molecule has 2 fully saturated rings. The molecule has 2 amide bonds. The van der Waals surface area contributed by atoms with Crippen LogP contribution in [0.1, 0.15) is 48.3 Å². The van der Waals surface area contributed by atoms with Crippen molar-refractivity contribution in [2.24, 2.45) is 0 Å². The molecule has 1 saturated heterocycles. The average molecular weight is 645 g/mol. The van der Waals surface area contributed by atoms with E-state index in [1.165, 1.54) is 41.7 Å². The first-order chi connectivity index (χ1) is 20.7. The van der Waals surface area contributed by atoms with E-state index in [-0.39, 0.29) is 36.8 Å². The summed E-state index contributed by atoms with van der Waals surface area (Å²) in [5.41, 5.74) is 4.74. The summed E-state index contributed by atoms with van der Waals surface area (Å²) in [6, 6.07) is 10.7. The van der Waals surface area contributed by atoms with Gasteiger partial charge in [0.15, 0.2) is 11.6 Å². The van der Waals surface area contributed by atoms with Crippen molar-refractivity contribution >= 4 is 55.8 Å². The number of amides is 2. The number of alkyl halides is 1. The fraction of sp³-hybridized carbons (Fsp3) is 0.300. The Balaban J connectivity index is 1.15. The quantitative estimate of drug-likeness (QED) is 0.257. The highest BCUT2D eigenvalue weighted by molar-refractivity contribution is 9.10. The summed E-state index contributed by atoms with van der Waals surface area (Å²) in [6.07, 6.45) is 5.66. The lowest BCUT2D eigenvalue weighted by Gasteiger charge is -2.23. The maximum atomic E-state index is 14.5. The third-order valence-electron chi connectivity index (χ3n) is 7.91. The minimum absolute atomic E-state index is 0.135. The summed E-state index contributed by atoms with van der Waals surface area (Å²) in [5, 5.41) is 12.4. The number of Topliss-reactive ketones (excluding diaryl/α,β-unsaturated/α-hetero) is 1. The lowest BCUT2D eigenvalue weighted by atomic mass is 10.0. The van der Waals surface area contributed by atoms with Crippen LogP contribution in [0.5, 0.6) is 0 Å². The van der Waals surface area contributed by atoms with E-state index in [4.69, 9.17) is 5.10 Å². The lowest BCUT2D eigenvalue weighted by molar-refractivity contribution is -0.137. The van der Waals surface area contributed by atoms with Crippen LogP contribution in [-0.2, 0) is 16.1 Å². The van der Waals surface area contributed by atoms with Crippen molar-refractivity contribution in [1.29, 1.82) is 0 Å². The van der Waals surface area contributed by atoms with E-state index in [1.807, 2.05) is 41.0 Å². The largest absolute Gasteiger partial charge is 0.326 e. The Morgan fingerprint density at radius 2 is 1.88 bits per heavy atom. The van der Waals surface area contributed by atoms with Crippen molar-refractivity contribution in [1.82, 2.24) is 34.3 Å². The molecule has 1 N–H and O–H groups in total. The van der Waals surface area contributed by atoms with E-state index in [0.717, 1.165) is 22.3 Å². The average Bonchev–Trinajstić information content (AvgIpc) is 3.46. The molecule has 2 aliphatic rings. The topological polar surface area (TPSA) is 127 Å². The molecule has 1 saturated carbocycles. The predicted octanol–water partition coefficient (Wildman–Crippen LogP) is 4.56. The van der Waals surface area contributed by atoms with E-state index in [2.05, 4.69) is 42.4 Å². The molecule has 43 heavy (non-hydrogen) atoms. The fourth-order valence-corrected chi connectivity index (χ4v) is 5.94. The molecule has 0 unspecified atom stereocenters. The Bertz CT molecular complexity index is 1930. The maximum Gasteiger partial charge on any atom is 0.248 e. The van der Waals surface area contributed by atoms with Gasteiger partial charge in [-0.25, -0.2) is 13.9 Å². The molecule has 1 aliphatic heterocycles. The van der Waals surface area contributed by atoms with Crippen molar-refractivity contribution in [3.63, 3.8) is 0 Å². The number of carbonyl (C=O) groups excluding carboxylic acids is 3. The zero-order chi connectivity index (χ0) is 29.8. The van der Waals surface area contributed by atoms with Gasteiger partial charge in [0.1, 0.15) is 29.1 Å². The highest BCUT2D eigenvalue weighted by atomic mass is 79.9. The number of hydrogen-bond donors (Lipinski definition) is 1. The number of nitrogens with one attached hydrogen (secondary N) is 1. The molecular formula is C30H26BrFN8O3. The fourth-order valence-electron chi connectivity index (χ4n) is 5.64. The van der Waals surface area contributed by atoms with Gasteiger partial charge in [0.05, 0.1) is 35.7 Å². The Morgan fingerprint density at radius 3 is 2.65 bits per heavy atom.